The molecule has 4 atom stereocenters. The number of carbonyl (C=O) groups is 2. The van der Waals surface area contributed by atoms with Crippen LogP contribution < -0.4 is 15.4 Å². The monoisotopic (exact) mass is 554 g/mol. The first-order valence-electron chi connectivity index (χ1n) is 13.6. The van der Waals surface area contributed by atoms with Crippen LogP contribution in [-0.2, 0) is 21.4 Å². The number of fused-ring (bicyclic) bond motifs is 4. The smallest absolute Gasteiger partial charge is 0.360 e. The maximum absolute atomic E-state index is 13.5. The van der Waals surface area contributed by atoms with Crippen LogP contribution in [0.3, 0.4) is 0 Å². The van der Waals surface area contributed by atoms with Crippen LogP contribution in [0, 0.1) is 11.3 Å². The molecule has 1 amide bonds. The molecule has 7 rings (SSSR count). The molecule has 2 aromatic carbocycles. The number of aromatic nitrogens is 2. The summed E-state index contributed by atoms with van der Waals surface area (Å²) in [5.41, 5.74) is 2.65. The third kappa shape index (κ3) is 3.62. The Morgan fingerprint density at radius 3 is 2.68 bits per heavy atom. The summed E-state index contributed by atoms with van der Waals surface area (Å²) in [4.78, 5) is 35.1. The number of nitrogens with one attached hydrogen (secondary N) is 2. The molecule has 3 aliphatic rings. The van der Waals surface area contributed by atoms with E-state index in [4.69, 9.17) is 23.3 Å². The Hall–Kier alpha value is -4.60. The van der Waals surface area contributed by atoms with Crippen molar-refractivity contribution in [3.8, 4) is 17.3 Å². The molecule has 5 heterocycles. The molecule has 4 aromatic rings. The number of rotatable bonds is 2. The molecule has 10 heteroatoms. The van der Waals surface area contributed by atoms with Gasteiger partial charge in [0.25, 0.3) is 0 Å². The van der Waals surface area contributed by atoms with Crippen LogP contribution in [0.1, 0.15) is 72.6 Å². The predicted octanol–water partition coefficient (Wildman–Crippen LogP) is 4.99. The maximum atomic E-state index is 13.5. The van der Waals surface area contributed by atoms with Crippen molar-refractivity contribution in [2.24, 2.45) is 11.3 Å². The van der Waals surface area contributed by atoms with Gasteiger partial charge in [-0.25, -0.2) is 14.8 Å². The van der Waals surface area contributed by atoms with Crippen molar-refractivity contribution in [3.05, 3.63) is 82.8 Å². The molecule has 210 valence electrons. The van der Waals surface area contributed by atoms with E-state index in [0.29, 0.717) is 29.5 Å². The zero-order valence-electron chi connectivity index (χ0n) is 23.4. The number of hydrogen-bond donors (Lipinski definition) is 2. The summed E-state index contributed by atoms with van der Waals surface area (Å²) in [6.45, 7) is 7.98. The van der Waals surface area contributed by atoms with Crippen LogP contribution in [0.15, 0.2) is 57.6 Å². The van der Waals surface area contributed by atoms with Crippen LogP contribution in [0.4, 0.5) is 5.69 Å². The van der Waals surface area contributed by atoms with Gasteiger partial charge in [0.05, 0.1) is 7.11 Å². The number of para-hydroxylation sites is 1. The number of hydrogen-bond acceptors (Lipinski definition) is 9. The summed E-state index contributed by atoms with van der Waals surface area (Å²) >= 11 is 0. The Kier molecular flexibility index (Phi) is 5.38. The van der Waals surface area contributed by atoms with E-state index in [1.807, 2.05) is 64.1 Å². The molecule has 2 N–H and O–H groups in total. The van der Waals surface area contributed by atoms with Gasteiger partial charge in [-0.1, -0.05) is 58.0 Å². The Bertz CT molecular complexity index is 1720. The molecule has 1 spiro atoms. The summed E-state index contributed by atoms with van der Waals surface area (Å²) < 4.78 is 24.0. The summed E-state index contributed by atoms with van der Waals surface area (Å²) in [7, 11) is 1.28. The summed E-state index contributed by atoms with van der Waals surface area (Å²) in [5.74, 6) is 0.517. The van der Waals surface area contributed by atoms with Crippen LogP contribution in [0.2, 0.25) is 0 Å². The number of oxazole rings is 2. The van der Waals surface area contributed by atoms with Gasteiger partial charge in [-0.3, -0.25) is 4.79 Å². The Morgan fingerprint density at radius 2 is 1.90 bits per heavy atom. The zero-order valence-corrected chi connectivity index (χ0v) is 23.4. The fraction of sp³-hybridized carbons (Fsp3) is 0.355. The SMILES string of the molecule is COC(=O)c1coc(-c2nc3oc2C24c5ccccc5N[C@@H]2Oc2ccc(cc24)CC(C)C(=O)NC3C(C)(C)C)n1. The first-order valence-corrected chi connectivity index (χ1v) is 13.6. The second-order valence-corrected chi connectivity index (χ2v) is 12.0. The van der Waals surface area contributed by atoms with Gasteiger partial charge in [0.15, 0.2) is 23.4 Å². The minimum atomic E-state index is -0.961. The lowest BCUT2D eigenvalue weighted by Crippen LogP contribution is -2.41. The molecule has 0 aliphatic carbocycles. The zero-order chi connectivity index (χ0) is 28.7. The molecule has 0 saturated heterocycles. The number of carbonyl (C=O) groups excluding carboxylic acids is 2. The predicted molar refractivity (Wildman–Crippen MR) is 147 cm³/mol. The van der Waals surface area contributed by atoms with Gasteiger partial charge < -0.3 is 28.9 Å². The van der Waals surface area contributed by atoms with Gasteiger partial charge >= 0.3 is 5.97 Å². The summed E-state index contributed by atoms with van der Waals surface area (Å²) in [5, 5.41) is 6.73. The van der Waals surface area contributed by atoms with Crippen molar-refractivity contribution in [1.29, 1.82) is 0 Å². The summed E-state index contributed by atoms with van der Waals surface area (Å²) in [6, 6.07) is 13.5. The molecule has 2 aromatic heterocycles. The Morgan fingerprint density at radius 1 is 1.10 bits per heavy atom. The van der Waals surface area contributed by atoms with Crippen molar-refractivity contribution < 1.29 is 27.9 Å². The van der Waals surface area contributed by atoms with E-state index in [9.17, 15) is 9.59 Å². The van der Waals surface area contributed by atoms with E-state index in [1.165, 1.54) is 13.4 Å². The molecular weight excluding hydrogens is 524 g/mol. The van der Waals surface area contributed by atoms with Crippen LogP contribution >= 0.6 is 0 Å². The minimum absolute atomic E-state index is 0.00905. The standard InChI is InChI=1S/C31H30N4O6/c1-15-12-16-10-11-21-18(13-16)31(17-8-6-7-9-19(17)33-29(31)40-21)24-22(26-32-20(14-39-26)28(37)38-5)34-27(41-24)23(30(2,3)4)35-25(15)36/h6-11,13-15,23,29,33H,12H2,1-5H3,(H,35,36)/t15?,23?,29-,31?/m1/s1. The van der Waals surface area contributed by atoms with E-state index in [-0.39, 0.29) is 23.4 Å². The summed E-state index contributed by atoms with van der Waals surface area (Å²) in [6.07, 6.45) is 1.24. The Labute approximate surface area is 236 Å². The highest BCUT2D eigenvalue weighted by Crippen LogP contribution is 2.59. The van der Waals surface area contributed by atoms with Crippen molar-refractivity contribution in [3.63, 3.8) is 0 Å². The molecule has 3 unspecified atom stereocenters. The molecule has 41 heavy (non-hydrogen) atoms. The second kappa shape index (κ2) is 8.70. The van der Waals surface area contributed by atoms with Crippen molar-refractivity contribution in [2.45, 2.75) is 51.8 Å². The number of nitrogens with zero attached hydrogens (tertiary/aromatic N) is 2. The second-order valence-electron chi connectivity index (χ2n) is 12.0. The van der Waals surface area contributed by atoms with E-state index in [2.05, 4.69) is 21.7 Å². The quantitative estimate of drug-likeness (QED) is 0.329. The van der Waals surface area contributed by atoms with Crippen LogP contribution in [0.5, 0.6) is 5.75 Å². The van der Waals surface area contributed by atoms with Gasteiger partial charge in [0.2, 0.25) is 17.7 Å². The molecule has 3 aliphatic heterocycles. The highest BCUT2D eigenvalue weighted by molar-refractivity contribution is 5.87. The topological polar surface area (TPSA) is 129 Å². The molecule has 0 saturated carbocycles. The number of benzene rings is 2. The number of methoxy groups -OCH3 is 1. The number of ether oxygens (including phenoxy) is 2. The van der Waals surface area contributed by atoms with Crippen LogP contribution in [-0.4, -0.2) is 35.2 Å². The third-order valence-electron chi connectivity index (χ3n) is 8.24. The van der Waals surface area contributed by atoms with Gasteiger partial charge in [0, 0.05) is 17.2 Å². The third-order valence-corrected chi connectivity index (χ3v) is 8.24. The number of amides is 1. The number of anilines is 1. The Balaban J connectivity index is 1.57. The molecule has 4 bridgehead atoms. The van der Waals surface area contributed by atoms with Crippen molar-refractivity contribution in [1.82, 2.24) is 15.3 Å². The average Bonchev–Trinajstić information content (AvgIpc) is 3.70. The van der Waals surface area contributed by atoms with Gasteiger partial charge in [-0.05, 0) is 35.1 Å². The van der Waals surface area contributed by atoms with Gasteiger partial charge in [-0.15, -0.1) is 0 Å². The maximum Gasteiger partial charge on any atom is 0.360 e. The highest BCUT2D eigenvalue weighted by Gasteiger charge is 2.61. The number of esters is 1. The minimum Gasteiger partial charge on any atom is -0.469 e. The lowest BCUT2D eigenvalue weighted by molar-refractivity contribution is -0.126. The largest absolute Gasteiger partial charge is 0.469 e. The van der Waals surface area contributed by atoms with Crippen LogP contribution in [0.25, 0.3) is 11.6 Å². The molecule has 10 nitrogen and oxygen atoms in total. The fourth-order valence-corrected chi connectivity index (χ4v) is 6.19. The normalized spacial score (nSPS) is 24.2. The average molecular weight is 555 g/mol. The fourth-order valence-electron chi connectivity index (χ4n) is 6.19. The lowest BCUT2D eigenvalue weighted by atomic mass is 9.72. The van der Waals surface area contributed by atoms with E-state index >= 15 is 0 Å². The van der Waals surface area contributed by atoms with Crippen molar-refractivity contribution >= 4 is 17.6 Å². The molecule has 0 radical (unpaired) electrons. The first-order chi connectivity index (χ1) is 19.6. The van der Waals surface area contributed by atoms with Gasteiger partial charge in [0.1, 0.15) is 23.5 Å². The molecular formula is C31H30N4O6. The lowest BCUT2D eigenvalue weighted by Gasteiger charge is -2.31. The molecule has 0 fully saturated rings. The van der Waals surface area contributed by atoms with E-state index in [1.54, 1.807) is 0 Å². The van der Waals surface area contributed by atoms with E-state index in [0.717, 1.165) is 22.4 Å². The van der Waals surface area contributed by atoms with Gasteiger partial charge in [-0.2, -0.15) is 0 Å². The first kappa shape index (κ1) is 25.4. The van der Waals surface area contributed by atoms with Crippen molar-refractivity contribution in [2.75, 3.05) is 12.4 Å². The highest BCUT2D eigenvalue weighted by atomic mass is 16.5. The van der Waals surface area contributed by atoms with E-state index < -0.39 is 29.1 Å².